The Morgan fingerprint density at radius 2 is 2.06 bits per heavy atom. The topological polar surface area (TPSA) is 70.2 Å². The summed E-state index contributed by atoms with van der Waals surface area (Å²) < 4.78 is 0. The van der Waals surface area contributed by atoms with E-state index < -0.39 is 11.5 Å². The zero-order valence-corrected chi connectivity index (χ0v) is 9.30. The molecule has 2 N–H and O–H groups in total. The van der Waals surface area contributed by atoms with Crippen molar-refractivity contribution in [2.75, 3.05) is 0 Å². The summed E-state index contributed by atoms with van der Waals surface area (Å²) >= 11 is 0. The molecule has 0 bridgehead atoms. The Kier molecular flexibility index (Phi) is 2.81. The molecule has 0 atom stereocenters. The first-order valence-corrected chi connectivity index (χ1v) is 5.65. The molecule has 16 heavy (non-hydrogen) atoms. The highest BCUT2D eigenvalue weighted by Crippen LogP contribution is 2.23. The van der Waals surface area contributed by atoms with Crippen LogP contribution in [0.25, 0.3) is 0 Å². The SMILES string of the molecule is CCc1c2c([nH]c(=O)c1C(=O)O)CCCC2. The van der Waals surface area contributed by atoms with Gasteiger partial charge in [-0.1, -0.05) is 6.92 Å². The van der Waals surface area contributed by atoms with E-state index in [1.807, 2.05) is 6.92 Å². The van der Waals surface area contributed by atoms with Crippen LogP contribution in [-0.4, -0.2) is 16.1 Å². The molecule has 1 aromatic rings. The summed E-state index contributed by atoms with van der Waals surface area (Å²) in [5.41, 5.74) is 2.21. The van der Waals surface area contributed by atoms with Gasteiger partial charge in [0, 0.05) is 5.69 Å². The third kappa shape index (κ3) is 1.64. The maximum atomic E-state index is 11.7. The van der Waals surface area contributed by atoms with Gasteiger partial charge >= 0.3 is 5.97 Å². The molecule has 4 heteroatoms. The molecule has 0 saturated heterocycles. The van der Waals surface area contributed by atoms with Crippen LogP contribution in [0.3, 0.4) is 0 Å². The molecule has 1 heterocycles. The second-order valence-electron chi connectivity index (χ2n) is 4.13. The average molecular weight is 221 g/mol. The molecule has 1 aliphatic rings. The summed E-state index contributed by atoms with van der Waals surface area (Å²) in [7, 11) is 0. The van der Waals surface area contributed by atoms with Crippen LogP contribution in [0.1, 0.15) is 46.9 Å². The Balaban J connectivity index is 2.72. The van der Waals surface area contributed by atoms with E-state index in [0.717, 1.165) is 42.5 Å². The van der Waals surface area contributed by atoms with Crippen LogP contribution in [0.5, 0.6) is 0 Å². The molecule has 0 aromatic carbocycles. The smallest absolute Gasteiger partial charge is 0.341 e. The second-order valence-corrected chi connectivity index (χ2v) is 4.13. The number of nitrogens with one attached hydrogen (secondary N) is 1. The third-order valence-corrected chi connectivity index (χ3v) is 3.19. The van der Waals surface area contributed by atoms with Gasteiger partial charge in [0.1, 0.15) is 5.56 Å². The Hall–Kier alpha value is -1.58. The van der Waals surface area contributed by atoms with E-state index >= 15 is 0 Å². The van der Waals surface area contributed by atoms with Gasteiger partial charge in [-0.2, -0.15) is 0 Å². The van der Waals surface area contributed by atoms with Crippen LogP contribution < -0.4 is 5.56 Å². The summed E-state index contributed by atoms with van der Waals surface area (Å²) in [5.74, 6) is -1.12. The highest BCUT2D eigenvalue weighted by Gasteiger charge is 2.22. The predicted octanol–water partition coefficient (Wildman–Crippen LogP) is 1.51. The van der Waals surface area contributed by atoms with Gasteiger partial charge in [-0.15, -0.1) is 0 Å². The van der Waals surface area contributed by atoms with Crippen LogP contribution in [0.15, 0.2) is 4.79 Å². The number of carbonyl (C=O) groups is 1. The highest BCUT2D eigenvalue weighted by molar-refractivity contribution is 5.89. The number of fused-ring (bicyclic) bond motifs is 1. The van der Waals surface area contributed by atoms with Crippen LogP contribution >= 0.6 is 0 Å². The van der Waals surface area contributed by atoms with E-state index in [4.69, 9.17) is 5.11 Å². The summed E-state index contributed by atoms with van der Waals surface area (Å²) in [6, 6.07) is 0. The monoisotopic (exact) mass is 221 g/mol. The second kappa shape index (κ2) is 4.12. The lowest BCUT2D eigenvalue weighted by Crippen LogP contribution is -2.25. The average Bonchev–Trinajstić information content (AvgIpc) is 2.26. The number of carboxylic acids is 1. The summed E-state index contributed by atoms with van der Waals surface area (Å²) in [6.07, 6.45) is 4.49. The Morgan fingerprint density at radius 3 is 2.69 bits per heavy atom. The molecule has 0 amide bonds. The molecule has 4 nitrogen and oxygen atoms in total. The Morgan fingerprint density at radius 1 is 1.38 bits per heavy atom. The van der Waals surface area contributed by atoms with Crippen LogP contribution in [0, 0.1) is 0 Å². The van der Waals surface area contributed by atoms with Crippen molar-refractivity contribution in [1.82, 2.24) is 4.98 Å². The van der Waals surface area contributed by atoms with E-state index in [0.29, 0.717) is 6.42 Å². The molecule has 1 aliphatic carbocycles. The molecule has 86 valence electrons. The Labute approximate surface area is 93.3 Å². The summed E-state index contributed by atoms with van der Waals surface area (Å²) in [4.78, 5) is 25.5. The molecular weight excluding hydrogens is 206 g/mol. The van der Waals surface area contributed by atoms with E-state index in [1.165, 1.54) is 0 Å². The van der Waals surface area contributed by atoms with Crippen molar-refractivity contribution in [3.8, 4) is 0 Å². The number of aryl methyl sites for hydroxylation is 1. The minimum absolute atomic E-state index is 0.0665. The van der Waals surface area contributed by atoms with Gasteiger partial charge < -0.3 is 10.1 Å². The van der Waals surface area contributed by atoms with Gasteiger partial charge in [0.2, 0.25) is 0 Å². The quantitative estimate of drug-likeness (QED) is 0.795. The number of aromatic carboxylic acids is 1. The first-order valence-electron chi connectivity index (χ1n) is 5.65. The largest absolute Gasteiger partial charge is 0.477 e. The van der Waals surface area contributed by atoms with Crippen molar-refractivity contribution in [3.63, 3.8) is 0 Å². The molecule has 2 rings (SSSR count). The van der Waals surface area contributed by atoms with Crippen LogP contribution in [0.4, 0.5) is 0 Å². The molecular formula is C12H15NO3. The van der Waals surface area contributed by atoms with E-state index in [-0.39, 0.29) is 5.56 Å². The van der Waals surface area contributed by atoms with Gasteiger partial charge in [0.25, 0.3) is 5.56 Å². The molecule has 0 spiro atoms. The van der Waals surface area contributed by atoms with Crippen molar-refractivity contribution in [1.29, 1.82) is 0 Å². The maximum absolute atomic E-state index is 11.7. The number of aromatic amines is 1. The van der Waals surface area contributed by atoms with Crippen molar-refractivity contribution in [2.45, 2.75) is 39.0 Å². The van der Waals surface area contributed by atoms with Gasteiger partial charge in [0.15, 0.2) is 0 Å². The molecule has 0 saturated carbocycles. The minimum atomic E-state index is -1.12. The third-order valence-electron chi connectivity index (χ3n) is 3.19. The van der Waals surface area contributed by atoms with Gasteiger partial charge in [-0.3, -0.25) is 4.79 Å². The number of aromatic nitrogens is 1. The molecule has 0 aliphatic heterocycles. The molecule has 0 fully saturated rings. The first-order chi connectivity index (χ1) is 7.65. The fourth-order valence-corrected chi connectivity index (χ4v) is 2.48. The lowest BCUT2D eigenvalue weighted by atomic mass is 9.89. The zero-order chi connectivity index (χ0) is 11.7. The van der Waals surface area contributed by atoms with Gasteiger partial charge in [-0.05, 0) is 43.2 Å². The van der Waals surface area contributed by atoms with Gasteiger partial charge in [-0.25, -0.2) is 4.79 Å². The zero-order valence-electron chi connectivity index (χ0n) is 9.30. The maximum Gasteiger partial charge on any atom is 0.341 e. The van der Waals surface area contributed by atoms with Crippen molar-refractivity contribution in [3.05, 3.63) is 32.7 Å². The molecule has 1 aromatic heterocycles. The number of hydrogen-bond acceptors (Lipinski definition) is 2. The first kappa shape index (κ1) is 10.9. The fraction of sp³-hybridized carbons (Fsp3) is 0.500. The number of rotatable bonds is 2. The van der Waals surface area contributed by atoms with Crippen molar-refractivity contribution < 1.29 is 9.90 Å². The number of hydrogen-bond donors (Lipinski definition) is 2. The van der Waals surface area contributed by atoms with E-state index in [9.17, 15) is 9.59 Å². The fourth-order valence-electron chi connectivity index (χ4n) is 2.48. The number of pyridine rings is 1. The van der Waals surface area contributed by atoms with Gasteiger partial charge in [0.05, 0.1) is 0 Å². The predicted molar refractivity (Wildman–Crippen MR) is 60.0 cm³/mol. The van der Waals surface area contributed by atoms with Crippen molar-refractivity contribution >= 4 is 5.97 Å². The summed E-state index contributed by atoms with van der Waals surface area (Å²) in [6.45, 7) is 1.90. The summed E-state index contributed by atoms with van der Waals surface area (Å²) in [5, 5.41) is 9.06. The highest BCUT2D eigenvalue weighted by atomic mass is 16.4. The number of carboxylic acid groups (broad SMARTS) is 1. The Bertz CT molecular complexity index is 488. The molecule has 0 radical (unpaired) electrons. The van der Waals surface area contributed by atoms with Crippen LogP contribution in [-0.2, 0) is 19.3 Å². The lowest BCUT2D eigenvalue weighted by molar-refractivity contribution is 0.0693. The van der Waals surface area contributed by atoms with E-state index in [2.05, 4.69) is 4.98 Å². The normalized spacial score (nSPS) is 14.6. The standard InChI is InChI=1S/C12H15NO3/c1-2-7-8-5-3-4-6-9(8)13-11(14)10(7)12(15)16/h2-6H2,1H3,(H,13,14)(H,15,16). The lowest BCUT2D eigenvalue weighted by Gasteiger charge is -2.19. The molecule has 0 unspecified atom stereocenters. The van der Waals surface area contributed by atoms with Crippen molar-refractivity contribution in [2.24, 2.45) is 0 Å². The minimum Gasteiger partial charge on any atom is -0.477 e. The van der Waals surface area contributed by atoms with Crippen LogP contribution in [0.2, 0.25) is 0 Å². The number of H-pyrrole nitrogens is 1. The van der Waals surface area contributed by atoms with E-state index in [1.54, 1.807) is 0 Å².